The van der Waals surface area contributed by atoms with Crippen molar-refractivity contribution in [3.8, 4) is 17.2 Å². The highest BCUT2D eigenvalue weighted by atomic mass is 32.2. The predicted molar refractivity (Wildman–Crippen MR) is 114 cm³/mol. The van der Waals surface area contributed by atoms with E-state index in [0.717, 1.165) is 24.3 Å². The van der Waals surface area contributed by atoms with Crippen molar-refractivity contribution in [1.82, 2.24) is 0 Å². The van der Waals surface area contributed by atoms with Crippen molar-refractivity contribution < 1.29 is 37.8 Å². The van der Waals surface area contributed by atoms with Crippen molar-refractivity contribution in [2.24, 2.45) is 20.5 Å². The van der Waals surface area contributed by atoms with E-state index in [1.807, 2.05) is 0 Å². The van der Waals surface area contributed by atoms with Crippen LogP contribution in [0.25, 0.3) is 0 Å². The second-order valence-electron chi connectivity index (χ2n) is 6.39. The van der Waals surface area contributed by atoms with Crippen molar-refractivity contribution >= 4 is 38.8 Å². The number of ether oxygens (including phenoxy) is 1. The summed E-state index contributed by atoms with van der Waals surface area (Å²) >= 11 is 0. The number of rotatable bonds is 7. The lowest BCUT2D eigenvalue weighted by atomic mass is 10.2. The highest BCUT2D eigenvalue weighted by Crippen LogP contribution is 2.39. The quantitative estimate of drug-likeness (QED) is 0.276. The maximum atomic E-state index is 11.9. The van der Waals surface area contributed by atoms with Gasteiger partial charge in [-0.1, -0.05) is 0 Å². The molecule has 0 saturated heterocycles. The number of carboxylic acids is 1. The minimum Gasteiger partial charge on any atom is -0.508 e. The van der Waals surface area contributed by atoms with Gasteiger partial charge < -0.3 is 20.1 Å². The third-order valence-corrected chi connectivity index (χ3v) is 5.03. The number of hydrogen-bond acceptors (Lipinski definition) is 10. The standard InChI is InChI=1S/C20H16N4O8S/c1-32-18-9-16(24-22-12-4-7-14(20(27)28)17(26)8-12)19(33(29,30)31)10-15(18)23-21-11-2-5-13(25)6-3-11/h2-10,25-26H,1H3,(H,27,28)(H,29,30,31). The first kappa shape index (κ1) is 23.3. The monoisotopic (exact) mass is 472 g/mol. The van der Waals surface area contributed by atoms with Crippen LogP contribution in [0.4, 0.5) is 22.7 Å². The minimum atomic E-state index is -4.77. The minimum absolute atomic E-state index is 0.0221. The molecule has 4 N–H and O–H groups in total. The average Bonchev–Trinajstić information content (AvgIpc) is 2.76. The molecule has 0 fully saturated rings. The van der Waals surface area contributed by atoms with Gasteiger partial charge in [0.25, 0.3) is 10.1 Å². The number of aromatic hydroxyl groups is 2. The molecule has 0 unspecified atom stereocenters. The fraction of sp³-hybridized carbons (Fsp3) is 0.0500. The molecular formula is C20H16N4O8S. The van der Waals surface area contributed by atoms with Crippen molar-refractivity contribution in [1.29, 1.82) is 0 Å². The van der Waals surface area contributed by atoms with Crippen LogP contribution in [0.3, 0.4) is 0 Å². The summed E-state index contributed by atoms with van der Waals surface area (Å²) in [5, 5.41) is 43.5. The molecule has 33 heavy (non-hydrogen) atoms. The first-order valence-electron chi connectivity index (χ1n) is 8.97. The van der Waals surface area contributed by atoms with Crippen LogP contribution in [0.1, 0.15) is 10.4 Å². The molecule has 0 saturated carbocycles. The molecule has 13 heteroatoms. The van der Waals surface area contributed by atoms with E-state index in [1.54, 1.807) is 0 Å². The highest BCUT2D eigenvalue weighted by molar-refractivity contribution is 7.86. The number of phenolic OH excluding ortho intramolecular Hbond substituents is 1. The van der Waals surface area contributed by atoms with Crippen molar-refractivity contribution in [3.63, 3.8) is 0 Å². The van der Waals surface area contributed by atoms with Crippen LogP contribution in [-0.2, 0) is 10.1 Å². The molecule has 0 heterocycles. The first-order chi connectivity index (χ1) is 15.6. The molecule has 0 amide bonds. The zero-order valence-corrected chi connectivity index (χ0v) is 17.6. The smallest absolute Gasteiger partial charge is 0.339 e. The number of azo groups is 2. The van der Waals surface area contributed by atoms with E-state index < -0.39 is 26.7 Å². The topological polar surface area (TPSA) is 191 Å². The zero-order chi connectivity index (χ0) is 24.2. The van der Waals surface area contributed by atoms with E-state index in [2.05, 4.69) is 20.5 Å². The van der Waals surface area contributed by atoms with Gasteiger partial charge in [-0.3, -0.25) is 4.55 Å². The number of benzene rings is 3. The molecule has 0 aliphatic rings. The van der Waals surface area contributed by atoms with Gasteiger partial charge in [0.2, 0.25) is 0 Å². The molecule has 12 nitrogen and oxygen atoms in total. The summed E-state index contributed by atoms with van der Waals surface area (Å²) in [5.41, 5.74) is -0.316. The Morgan fingerprint density at radius 2 is 1.45 bits per heavy atom. The average molecular weight is 472 g/mol. The summed E-state index contributed by atoms with van der Waals surface area (Å²) in [6.07, 6.45) is 0. The number of hydrogen-bond donors (Lipinski definition) is 4. The second-order valence-corrected chi connectivity index (χ2v) is 7.78. The summed E-state index contributed by atoms with van der Waals surface area (Å²) in [4.78, 5) is 10.3. The van der Waals surface area contributed by atoms with Crippen LogP contribution in [0, 0.1) is 0 Å². The normalized spacial score (nSPS) is 11.8. The molecule has 0 bridgehead atoms. The van der Waals surface area contributed by atoms with E-state index in [9.17, 15) is 28.0 Å². The Morgan fingerprint density at radius 3 is 2.03 bits per heavy atom. The molecule has 0 spiro atoms. The molecule has 0 atom stereocenters. The lowest BCUT2D eigenvalue weighted by Gasteiger charge is -2.08. The third kappa shape index (κ3) is 5.66. The Kier molecular flexibility index (Phi) is 6.65. The van der Waals surface area contributed by atoms with Crippen molar-refractivity contribution in [2.75, 3.05) is 7.11 Å². The van der Waals surface area contributed by atoms with Crippen molar-refractivity contribution in [2.45, 2.75) is 4.90 Å². The zero-order valence-electron chi connectivity index (χ0n) is 16.8. The largest absolute Gasteiger partial charge is 0.508 e. The summed E-state index contributed by atoms with van der Waals surface area (Å²) in [6.45, 7) is 0. The first-order valence-corrected chi connectivity index (χ1v) is 10.4. The van der Waals surface area contributed by atoms with Crippen LogP contribution < -0.4 is 4.74 Å². The van der Waals surface area contributed by atoms with Crippen LogP contribution >= 0.6 is 0 Å². The number of nitrogens with zero attached hydrogens (tertiary/aromatic N) is 4. The van der Waals surface area contributed by atoms with Gasteiger partial charge in [0.1, 0.15) is 39.1 Å². The molecule has 0 aromatic heterocycles. The van der Waals surface area contributed by atoms with Gasteiger partial charge in [0, 0.05) is 12.1 Å². The van der Waals surface area contributed by atoms with E-state index in [0.29, 0.717) is 5.69 Å². The lowest BCUT2D eigenvalue weighted by Crippen LogP contribution is -1.99. The highest BCUT2D eigenvalue weighted by Gasteiger charge is 2.20. The Hall–Kier alpha value is -4.36. The van der Waals surface area contributed by atoms with Gasteiger partial charge in [-0.15, -0.1) is 10.2 Å². The molecular weight excluding hydrogens is 456 g/mol. The molecule has 170 valence electrons. The van der Waals surface area contributed by atoms with Crippen LogP contribution in [0.2, 0.25) is 0 Å². The van der Waals surface area contributed by atoms with Crippen molar-refractivity contribution in [3.05, 3.63) is 60.2 Å². The van der Waals surface area contributed by atoms with Gasteiger partial charge in [-0.25, -0.2) is 4.79 Å². The maximum Gasteiger partial charge on any atom is 0.339 e. The molecule has 0 aliphatic heterocycles. The van der Waals surface area contributed by atoms with Gasteiger partial charge >= 0.3 is 5.97 Å². The van der Waals surface area contributed by atoms with E-state index in [4.69, 9.17) is 9.84 Å². The van der Waals surface area contributed by atoms with Gasteiger partial charge in [0.15, 0.2) is 0 Å². The Labute approximate surface area is 186 Å². The number of phenols is 2. The fourth-order valence-corrected chi connectivity index (χ4v) is 3.20. The predicted octanol–water partition coefficient (Wildman–Crippen LogP) is 4.88. The molecule has 0 radical (unpaired) electrons. The Balaban J connectivity index is 2.03. The molecule has 3 aromatic carbocycles. The lowest BCUT2D eigenvalue weighted by molar-refractivity contribution is 0.0693. The van der Waals surface area contributed by atoms with E-state index in [1.165, 1.54) is 37.4 Å². The molecule has 3 aromatic rings. The maximum absolute atomic E-state index is 11.9. The SMILES string of the molecule is COc1cc(N=Nc2ccc(C(=O)O)c(O)c2)c(S(=O)(=O)O)cc1N=Nc1ccc(O)cc1. The van der Waals surface area contributed by atoms with Gasteiger partial charge in [-0.2, -0.15) is 18.6 Å². The summed E-state index contributed by atoms with van der Waals surface area (Å²) in [6, 6.07) is 11.2. The van der Waals surface area contributed by atoms with Gasteiger partial charge in [-0.05, 0) is 42.5 Å². The number of methoxy groups -OCH3 is 1. The summed E-state index contributed by atoms with van der Waals surface area (Å²) in [7, 11) is -3.47. The molecule has 3 rings (SSSR count). The Bertz CT molecular complexity index is 1370. The van der Waals surface area contributed by atoms with Crippen LogP contribution in [-0.4, -0.2) is 41.4 Å². The molecule has 0 aliphatic carbocycles. The number of carbonyl (C=O) groups is 1. The summed E-state index contributed by atoms with van der Waals surface area (Å²) in [5.74, 6) is -1.81. The van der Waals surface area contributed by atoms with Gasteiger partial charge in [0.05, 0.1) is 18.5 Å². The number of aromatic carboxylic acids is 1. The second kappa shape index (κ2) is 9.42. The van der Waals surface area contributed by atoms with E-state index >= 15 is 0 Å². The van der Waals surface area contributed by atoms with Crippen LogP contribution in [0.15, 0.2) is 79.9 Å². The third-order valence-electron chi connectivity index (χ3n) is 4.15. The van der Waals surface area contributed by atoms with E-state index in [-0.39, 0.29) is 34.1 Å². The summed E-state index contributed by atoms with van der Waals surface area (Å²) < 4.78 is 38.7. The fourth-order valence-electron chi connectivity index (χ4n) is 2.57. The van der Waals surface area contributed by atoms with Crippen LogP contribution in [0.5, 0.6) is 17.2 Å². The Morgan fingerprint density at radius 1 is 0.848 bits per heavy atom. The number of carboxylic acid groups (broad SMARTS) is 1.